The molecule has 0 N–H and O–H groups in total. The van der Waals surface area contributed by atoms with E-state index in [1.807, 2.05) is 25.5 Å². The predicted molar refractivity (Wildman–Crippen MR) is 75.7 cm³/mol. The monoisotopic (exact) mass is 262 g/mol. The third kappa shape index (κ3) is 2.25. The number of aryl methyl sites for hydroxylation is 3. The molecule has 0 bridgehead atoms. The number of rotatable bonds is 1. The van der Waals surface area contributed by atoms with Crippen LogP contribution in [-0.4, -0.2) is 10.5 Å². The molecule has 18 heavy (non-hydrogen) atoms. The first-order chi connectivity index (χ1) is 8.40. The second-order valence-corrected chi connectivity index (χ2v) is 5.96. The van der Waals surface area contributed by atoms with Crippen LogP contribution in [0.3, 0.4) is 0 Å². The summed E-state index contributed by atoms with van der Waals surface area (Å²) in [6.07, 6.45) is 0. The molecule has 1 heterocycles. The summed E-state index contributed by atoms with van der Waals surface area (Å²) in [5.41, 5.74) is 3.62. The van der Waals surface area contributed by atoms with Crippen LogP contribution in [0.5, 0.6) is 0 Å². The fourth-order valence-corrected chi connectivity index (χ4v) is 2.97. The van der Waals surface area contributed by atoms with E-state index in [1.165, 1.54) is 15.8 Å². The molecule has 1 aromatic carbocycles. The third-order valence-electron chi connectivity index (χ3n) is 2.94. The molecule has 0 radical (unpaired) electrons. The van der Waals surface area contributed by atoms with Crippen molar-refractivity contribution in [2.24, 2.45) is 18.0 Å². The average molecular weight is 262 g/mol. The van der Waals surface area contributed by atoms with Crippen molar-refractivity contribution in [1.29, 1.82) is 0 Å². The minimum atomic E-state index is -0.0634. The van der Waals surface area contributed by atoms with Gasteiger partial charge in [-0.25, -0.2) is 0 Å². The van der Waals surface area contributed by atoms with Crippen LogP contribution in [0.2, 0.25) is 0 Å². The minimum Gasteiger partial charge on any atom is -0.319 e. The Labute approximate surface area is 111 Å². The Kier molecular flexibility index (Phi) is 3.39. The van der Waals surface area contributed by atoms with E-state index in [2.05, 4.69) is 31.0 Å². The van der Waals surface area contributed by atoms with E-state index in [0.717, 1.165) is 10.3 Å². The molecule has 0 spiro atoms. The van der Waals surface area contributed by atoms with E-state index in [4.69, 9.17) is 0 Å². The average Bonchev–Trinajstić information content (AvgIpc) is 2.57. The summed E-state index contributed by atoms with van der Waals surface area (Å²) in [5, 5.41) is 0. The van der Waals surface area contributed by atoms with Crippen LogP contribution in [0.1, 0.15) is 25.0 Å². The maximum absolute atomic E-state index is 11.7. The Morgan fingerprint density at radius 2 is 2.00 bits per heavy atom. The molecule has 0 fully saturated rings. The number of amides is 1. The fourth-order valence-electron chi connectivity index (χ4n) is 1.90. The molecule has 2 rings (SSSR count). The Morgan fingerprint density at radius 3 is 2.61 bits per heavy atom. The summed E-state index contributed by atoms with van der Waals surface area (Å²) in [4.78, 5) is 16.7. The van der Waals surface area contributed by atoms with Crippen LogP contribution in [-0.2, 0) is 11.8 Å². The number of carbonyl (C=O) groups excluding carboxylic acids is 1. The summed E-state index contributed by atoms with van der Waals surface area (Å²) < 4.78 is 3.21. The standard InChI is InChI=1S/C14H18N2OS/c1-8(2)13(17)15-14-16(5)11-7-9(3)6-10(4)12(11)18-14/h6-8H,1-5H3. The predicted octanol–water partition coefficient (Wildman–Crippen LogP) is 2.94. The summed E-state index contributed by atoms with van der Waals surface area (Å²) in [6.45, 7) is 7.92. The highest BCUT2D eigenvalue weighted by atomic mass is 32.1. The van der Waals surface area contributed by atoms with Crippen molar-refractivity contribution in [3.63, 3.8) is 0 Å². The van der Waals surface area contributed by atoms with Crippen molar-refractivity contribution in [1.82, 2.24) is 4.57 Å². The first-order valence-electron chi connectivity index (χ1n) is 6.05. The van der Waals surface area contributed by atoms with Gasteiger partial charge < -0.3 is 4.57 Å². The fraction of sp³-hybridized carbons (Fsp3) is 0.429. The minimum absolute atomic E-state index is 0.0574. The molecular weight excluding hydrogens is 244 g/mol. The van der Waals surface area contributed by atoms with E-state index in [0.29, 0.717) is 0 Å². The summed E-state index contributed by atoms with van der Waals surface area (Å²) in [7, 11) is 1.96. The lowest BCUT2D eigenvalue weighted by Gasteiger charge is -2.00. The number of carbonyl (C=O) groups is 1. The number of aromatic nitrogens is 1. The van der Waals surface area contributed by atoms with Gasteiger partial charge in [-0.3, -0.25) is 4.79 Å². The zero-order chi connectivity index (χ0) is 13.4. The zero-order valence-corrected chi connectivity index (χ0v) is 12.3. The number of hydrogen-bond donors (Lipinski definition) is 0. The normalized spacial score (nSPS) is 12.7. The van der Waals surface area contributed by atoms with Crippen LogP contribution in [0.25, 0.3) is 10.2 Å². The van der Waals surface area contributed by atoms with Crippen molar-refractivity contribution in [3.05, 3.63) is 28.1 Å². The van der Waals surface area contributed by atoms with Gasteiger partial charge in [0.05, 0.1) is 10.2 Å². The number of thiazole rings is 1. The van der Waals surface area contributed by atoms with Gasteiger partial charge in [0.25, 0.3) is 5.91 Å². The van der Waals surface area contributed by atoms with Gasteiger partial charge in [-0.1, -0.05) is 31.3 Å². The van der Waals surface area contributed by atoms with Gasteiger partial charge in [-0.15, -0.1) is 0 Å². The van der Waals surface area contributed by atoms with E-state index in [-0.39, 0.29) is 11.8 Å². The largest absolute Gasteiger partial charge is 0.319 e. The smallest absolute Gasteiger partial charge is 0.250 e. The number of hydrogen-bond acceptors (Lipinski definition) is 2. The van der Waals surface area contributed by atoms with Crippen LogP contribution >= 0.6 is 11.3 Å². The number of fused-ring (bicyclic) bond motifs is 1. The lowest BCUT2D eigenvalue weighted by molar-refractivity contribution is -0.120. The molecular formula is C14H18N2OS. The summed E-state index contributed by atoms with van der Waals surface area (Å²) >= 11 is 1.58. The Balaban J connectivity index is 2.72. The molecule has 96 valence electrons. The summed E-state index contributed by atoms with van der Waals surface area (Å²) in [5.74, 6) is -0.121. The van der Waals surface area contributed by atoms with Gasteiger partial charge in [0.2, 0.25) is 0 Å². The van der Waals surface area contributed by atoms with Crippen molar-refractivity contribution in [2.45, 2.75) is 27.7 Å². The zero-order valence-electron chi connectivity index (χ0n) is 11.4. The van der Waals surface area contributed by atoms with E-state index < -0.39 is 0 Å². The van der Waals surface area contributed by atoms with E-state index >= 15 is 0 Å². The molecule has 4 heteroatoms. The molecule has 0 unspecified atom stereocenters. The van der Waals surface area contributed by atoms with Gasteiger partial charge in [-0.2, -0.15) is 4.99 Å². The van der Waals surface area contributed by atoms with Gasteiger partial charge in [-0.05, 0) is 31.0 Å². The van der Waals surface area contributed by atoms with Crippen LogP contribution in [0.15, 0.2) is 17.1 Å². The van der Waals surface area contributed by atoms with Gasteiger partial charge in [0.1, 0.15) is 0 Å². The van der Waals surface area contributed by atoms with E-state index in [9.17, 15) is 4.79 Å². The lowest BCUT2D eigenvalue weighted by atomic mass is 10.1. The highest BCUT2D eigenvalue weighted by Gasteiger charge is 2.09. The molecule has 0 aliphatic rings. The molecule has 2 aromatic rings. The molecule has 3 nitrogen and oxygen atoms in total. The Morgan fingerprint density at radius 1 is 1.33 bits per heavy atom. The maximum Gasteiger partial charge on any atom is 0.250 e. The van der Waals surface area contributed by atoms with Gasteiger partial charge in [0.15, 0.2) is 4.80 Å². The van der Waals surface area contributed by atoms with Crippen molar-refractivity contribution in [2.75, 3.05) is 0 Å². The SMILES string of the molecule is Cc1cc(C)c2sc(=NC(=O)C(C)C)n(C)c2c1. The second kappa shape index (κ2) is 4.69. The first-order valence-corrected chi connectivity index (χ1v) is 6.87. The topological polar surface area (TPSA) is 34.4 Å². The van der Waals surface area contributed by atoms with E-state index in [1.54, 1.807) is 11.3 Å². The molecule has 0 saturated heterocycles. The second-order valence-electron chi connectivity index (χ2n) is 4.98. The molecule has 1 aromatic heterocycles. The first kappa shape index (κ1) is 13.0. The van der Waals surface area contributed by atoms with Crippen molar-refractivity contribution >= 4 is 27.5 Å². The van der Waals surface area contributed by atoms with Crippen LogP contribution < -0.4 is 4.80 Å². The number of nitrogens with zero attached hydrogens (tertiary/aromatic N) is 2. The van der Waals surface area contributed by atoms with Gasteiger partial charge >= 0.3 is 0 Å². The Bertz CT molecular complexity index is 677. The molecule has 0 atom stereocenters. The van der Waals surface area contributed by atoms with Crippen LogP contribution in [0.4, 0.5) is 0 Å². The van der Waals surface area contributed by atoms with Gasteiger partial charge in [0, 0.05) is 13.0 Å². The maximum atomic E-state index is 11.7. The van der Waals surface area contributed by atoms with Crippen molar-refractivity contribution in [3.8, 4) is 0 Å². The number of benzene rings is 1. The quantitative estimate of drug-likeness (QED) is 0.778. The highest BCUT2D eigenvalue weighted by molar-refractivity contribution is 7.16. The molecule has 1 amide bonds. The van der Waals surface area contributed by atoms with Crippen molar-refractivity contribution < 1.29 is 4.79 Å². The third-order valence-corrected chi connectivity index (χ3v) is 4.22. The molecule has 0 aliphatic carbocycles. The van der Waals surface area contributed by atoms with Crippen LogP contribution in [0, 0.1) is 19.8 Å². The lowest BCUT2D eigenvalue weighted by Crippen LogP contribution is -2.15. The highest BCUT2D eigenvalue weighted by Crippen LogP contribution is 2.22. The Hall–Kier alpha value is -1.42. The summed E-state index contributed by atoms with van der Waals surface area (Å²) in [6, 6.07) is 4.30. The molecule has 0 saturated carbocycles. The molecule has 0 aliphatic heterocycles.